The van der Waals surface area contributed by atoms with E-state index >= 15 is 0 Å². The van der Waals surface area contributed by atoms with E-state index in [0.29, 0.717) is 11.4 Å². The summed E-state index contributed by atoms with van der Waals surface area (Å²) in [4.78, 5) is 49.4. The number of carbonyl (C=O) groups is 4. The van der Waals surface area contributed by atoms with Gasteiger partial charge in [0.25, 0.3) is 5.91 Å². The molecule has 1 aliphatic rings. The Kier molecular flexibility index (Phi) is 6.61. The van der Waals surface area contributed by atoms with Gasteiger partial charge in [-0.25, -0.2) is 4.79 Å². The van der Waals surface area contributed by atoms with Gasteiger partial charge in [-0.15, -0.1) is 0 Å². The number of carbonyl (C=O) groups excluding carboxylic acids is 4. The molecule has 9 heteroatoms. The van der Waals surface area contributed by atoms with Gasteiger partial charge in [0.15, 0.2) is 6.61 Å². The van der Waals surface area contributed by atoms with Crippen LogP contribution in [0.5, 0.6) is 5.75 Å². The summed E-state index contributed by atoms with van der Waals surface area (Å²) in [5, 5.41) is 4.64. The van der Waals surface area contributed by atoms with Crippen LogP contribution in [0, 0.1) is 5.92 Å². The average molecular weight is 391 g/mol. The molecule has 0 saturated carbocycles. The van der Waals surface area contributed by atoms with Crippen molar-refractivity contribution in [3.63, 3.8) is 0 Å². The van der Waals surface area contributed by atoms with Crippen molar-refractivity contribution < 1.29 is 28.7 Å². The summed E-state index contributed by atoms with van der Waals surface area (Å²) in [6.45, 7) is 4.82. The molecule has 0 spiro atoms. The number of anilines is 1. The number of benzene rings is 1. The van der Waals surface area contributed by atoms with Crippen molar-refractivity contribution >= 4 is 29.5 Å². The van der Waals surface area contributed by atoms with Crippen molar-refractivity contribution in [2.75, 3.05) is 25.2 Å². The predicted molar refractivity (Wildman–Crippen MR) is 101 cm³/mol. The first-order chi connectivity index (χ1) is 13.1. The highest BCUT2D eigenvalue weighted by atomic mass is 16.5. The number of methoxy groups -OCH3 is 1. The molecule has 1 saturated heterocycles. The van der Waals surface area contributed by atoms with Crippen LogP contribution < -0.4 is 20.3 Å². The molecule has 0 radical (unpaired) electrons. The normalized spacial score (nSPS) is 16.5. The van der Waals surface area contributed by atoms with Crippen LogP contribution in [-0.4, -0.2) is 49.6 Å². The molecule has 0 unspecified atom stereocenters. The zero-order chi connectivity index (χ0) is 20.9. The number of urea groups is 1. The van der Waals surface area contributed by atoms with Crippen LogP contribution in [0.25, 0.3) is 0 Å². The summed E-state index contributed by atoms with van der Waals surface area (Å²) in [6, 6.07) is 6.33. The van der Waals surface area contributed by atoms with Crippen LogP contribution in [0.1, 0.15) is 27.2 Å². The van der Waals surface area contributed by atoms with Gasteiger partial charge in [-0.3, -0.25) is 19.7 Å². The monoisotopic (exact) mass is 391 g/mol. The quantitative estimate of drug-likeness (QED) is 0.730. The second kappa shape index (κ2) is 8.73. The smallest absolute Gasteiger partial charge is 0.321 e. The third kappa shape index (κ3) is 5.70. The van der Waals surface area contributed by atoms with Crippen molar-refractivity contribution in [1.82, 2.24) is 10.6 Å². The van der Waals surface area contributed by atoms with Crippen molar-refractivity contribution in [3.8, 4) is 5.75 Å². The molecule has 0 aliphatic carbocycles. The van der Waals surface area contributed by atoms with E-state index in [9.17, 15) is 19.2 Å². The minimum absolute atomic E-state index is 0.0248. The highest BCUT2D eigenvalue weighted by Gasteiger charge is 2.37. The summed E-state index contributed by atoms with van der Waals surface area (Å²) in [6.07, 6.45) is -0.0248. The number of esters is 1. The third-order valence-corrected chi connectivity index (χ3v) is 3.92. The Labute approximate surface area is 163 Å². The van der Waals surface area contributed by atoms with Crippen LogP contribution >= 0.6 is 0 Å². The summed E-state index contributed by atoms with van der Waals surface area (Å²) >= 11 is 0. The Morgan fingerprint density at radius 1 is 1.21 bits per heavy atom. The van der Waals surface area contributed by atoms with Crippen molar-refractivity contribution in [1.29, 1.82) is 0 Å². The van der Waals surface area contributed by atoms with Crippen LogP contribution in [-0.2, 0) is 19.1 Å². The molecule has 1 aliphatic heterocycles. The molecule has 1 atom stereocenters. The van der Waals surface area contributed by atoms with Crippen LogP contribution in [0.15, 0.2) is 24.3 Å². The van der Waals surface area contributed by atoms with E-state index in [1.165, 1.54) is 12.0 Å². The maximum Gasteiger partial charge on any atom is 0.321 e. The molecule has 152 valence electrons. The van der Waals surface area contributed by atoms with E-state index in [0.717, 1.165) is 0 Å². The molecule has 9 nitrogen and oxygen atoms in total. The molecule has 1 aromatic carbocycles. The van der Waals surface area contributed by atoms with Gasteiger partial charge in [0.05, 0.1) is 18.7 Å². The van der Waals surface area contributed by atoms with Gasteiger partial charge in [-0.1, -0.05) is 12.1 Å². The van der Waals surface area contributed by atoms with Crippen molar-refractivity contribution in [3.05, 3.63) is 24.3 Å². The second-order valence-corrected chi connectivity index (χ2v) is 7.44. The zero-order valence-corrected chi connectivity index (χ0v) is 16.4. The van der Waals surface area contributed by atoms with E-state index in [4.69, 9.17) is 9.47 Å². The largest absolute Gasteiger partial charge is 0.495 e. The Bertz CT molecular complexity index is 771. The maximum absolute atomic E-state index is 12.3. The Balaban J connectivity index is 1.88. The van der Waals surface area contributed by atoms with Gasteiger partial charge in [-0.2, -0.15) is 0 Å². The molecule has 1 heterocycles. The number of hydrogen-bond donors (Lipinski definition) is 2. The number of ether oxygens (including phenoxy) is 2. The lowest BCUT2D eigenvalue weighted by molar-refractivity contribution is -0.152. The van der Waals surface area contributed by atoms with Crippen molar-refractivity contribution in [2.24, 2.45) is 5.92 Å². The first kappa shape index (κ1) is 21.2. The molecule has 0 aromatic heterocycles. The van der Waals surface area contributed by atoms with Gasteiger partial charge in [-0.05, 0) is 32.9 Å². The number of hydrogen-bond acceptors (Lipinski definition) is 6. The zero-order valence-electron chi connectivity index (χ0n) is 16.4. The Hall–Kier alpha value is -3.10. The summed E-state index contributed by atoms with van der Waals surface area (Å²) in [7, 11) is 1.50. The molecule has 4 amide bonds. The first-order valence-corrected chi connectivity index (χ1v) is 8.82. The van der Waals surface area contributed by atoms with Gasteiger partial charge in [0.1, 0.15) is 5.75 Å². The van der Waals surface area contributed by atoms with E-state index < -0.39 is 36.0 Å². The van der Waals surface area contributed by atoms with E-state index in [1.807, 2.05) is 0 Å². The topological polar surface area (TPSA) is 114 Å². The van der Waals surface area contributed by atoms with E-state index in [1.54, 1.807) is 45.0 Å². The Morgan fingerprint density at radius 3 is 2.54 bits per heavy atom. The molecule has 2 rings (SSSR count). The summed E-state index contributed by atoms with van der Waals surface area (Å²) in [5.74, 6) is -1.83. The number of amides is 4. The number of imide groups is 1. The lowest BCUT2D eigenvalue weighted by Gasteiger charge is -2.20. The molecule has 2 N–H and O–H groups in total. The molecular formula is C19H25N3O6. The van der Waals surface area contributed by atoms with Gasteiger partial charge in [0.2, 0.25) is 5.91 Å². The predicted octanol–water partition coefficient (Wildman–Crippen LogP) is 1.22. The fraction of sp³-hybridized carbons (Fsp3) is 0.474. The number of rotatable bonds is 5. The van der Waals surface area contributed by atoms with Gasteiger partial charge >= 0.3 is 12.0 Å². The average Bonchev–Trinajstić information content (AvgIpc) is 2.99. The van der Waals surface area contributed by atoms with Crippen LogP contribution in [0.4, 0.5) is 10.5 Å². The fourth-order valence-corrected chi connectivity index (χ4v) is 2.74. The van der Waals surface area contributed by atoms with Crippen LogP contribution in [0.3, 0.4) is 0 Å². The molecule has 0 bridgehead atoms. The van der Waals surface area contributed by atoms with E-state index in [2.05, 4.69) is 10.6 Å². The lowest BCUT2D eigenvalue weighted by atomic mass is 10.1. The lowest BCUT2D eigenvalue weighted by Crippen LogP contribution is -2.49. The molecule has 1 aromatic rings. The standard InChI is InChI=1S/C19H25N3O6/c1-19(2,3)21-18(26)20-15(23)11-28-17(25)12-9-16(24)22(10-12)13-7-5-6-8-14(13)27-4/h5-8,12H,9-11H2,1-4H3,(H2,20,21,23,26)/t12-/m0/s1. The number of nitrogens with zero attached hydrogens (tertiary/aromatic N) is 1. The minimum Gasteiger partial charge on any atom is -0.495 e. The van der Waals surface area contributed by atoms with Crippen LogP contribution in [0.2, 0.25) is 0 Å². The first-order valence-electron chi connectivity index (χ1n) is 8.82. The summed E-state index contributed by atoms with van der Waals surface area (Å²) < 4.78 is 10.2. The summed E-state index contributed by atoms with van der Waals surface area (Å²) in [5.41, 5.74) is 0.0645. The Morgan fingerprint density at radius 2 is 1.89 bits per heavy atom. The van der Waals surface area contributed by atoms with E-state index in [-0.39, 0.29) is 18.9 Å². The highest BCUT2D eigenvalue weighted by Crippen LogP contribution is 2.33. The number of nitrogens with one attached hydrogen (secondary N) is 2. The third-order valence-electron chi connectivity index (χ3n) is 3.92. The SMILES string of the molecule is COc1ccccc1N1C[C@@H](C(=O)OCC(=O)NC(=O)NC(C)(C)C)CC1=O. The fourth-order valence-electron chi connectivity index (χ4n) is 2.74. The van der Waals surface area contributed by atoms with Crippen molar-refractivity contribution in [2.45, 2.75) is 32.7 Å². The molecule has 28 heavy (non-hydrogen) atoms. The highest BCUT2D eigenvalue weighted by molar-refractivity contribution is 6.01. The molecular weight excluding hydrogens is 366 g/mol. The maximum atomic E-state index is 12.3. The minimum atomic E-state index is -0.749. The second-order valence-electron chi connectivity index (χ2n) is 7.44. The van der Waals surface area contributed by atoms with Gasteiger partial charge < -0.3 is 19.7 Å². The number of para-hydroxylation sites is 2. The molecule has 1 fully saturated rings. The van der Waals surface area contributed by atoms with Gasteiger partial charge in [0, 0.05) is 18.5 Å².